The van der Waals surface area contributed by atoms with Gasteiger partial charge < -0.3 is 4.74 Å². The van der Waals surface area contributed by atoms with Crippen molar-refractivity contribution in [2.24, 2.45) is 0 Å². The minimum Gasteiger partial charge on any atom is -0.466 e. The Balaban J connectivity index is 2.48. The molecule has 0 aliphatic heterocycles. The number of esters is 1. The SMILES string of the molecule is COC(=O)C=Cc1ccnc2cc(Cl)ccc12. The van der Waals surface area contributed by atoms with Crippen molar-refractivity contribution < 1.29 is 9.53 Å². The summed E-state index contributed by atoms with van der Waals surface area (Å²) in [6.07, 6.45) is 4.75. The first-order valence-corrected chi connectivity index (χ1v) is 5.39. The maximum absolute atomic E-state index is 11.0. The predicted octanol–water partition coefficient (Wildman–Crippen LogP) is 3.07. The van der Waals surface area contributed by atoms with Gasteiger partial charge in [0.15, 0.2) is 0 Å². The van der Waals surface area contributed by atoms with E-state index in [2.05, 4.69) is 9.72 Å². The molecule has 1 heterocycles. The largest absolute Gasteiger partial charge is 0.466 e. The average Bonchev–Trinajstić information content (AvgIpc) is 2.35. The molecule has 0 N–H and O–H groups in total. The van der Waals surface area contributed by atoms with Crippen LogP contribution in [-0.4, -0.2) is 18.1 Å². The molecule has 0 saturated heterocycles. The molecule has 3 nitrogen and oxygen atoms in total. The van der Waals surface area contributed by atoms with Gasteiger partial charge in [-0.15, -0.1) is 0 Å². The maximum Gasteiger partial charge on any atom is 0.330 e. The van der Waals surface area contributed by atoms with Gasteiger partial charge in [0.25, 0.3) is 0 Å². The van der Waals surface area contributed by atoms with E-state index in [1.807, 2.05) is 12.1 Å². The van der Waals surface area contributed by atoms with Gasteiger partial charge in [0.2, 0.25) is 0 Å². The van der Waals surface area contributed by atoms with Gasteiger partial charge in [-0.05, 0) is 29.8 Å². The van der Waals surface area contributed by atoms with Crippen LogP contribution in [0.2, 0.25) is 5.02 Å². The molecular weight excluding hydrogens is 238 g/mol. The van der Waals surface area contributed by atoms with Crippen molar-refractivity contribution in [2.45, 2.75) is 0 Å². The molecule has 2 aromatic rings. The number of nitrogens with zero attached hydrogens (tertiary/aromatic N) is 1. The van der Waals surface area contributed by atoms with E-state index in [0.29, 0.717) is 5.02 Å². The molecule has 0 radical (unpaired) electrons. The van der Waals surface area contributed by atoms with Crippen molar-refractivity contribution in [3.8, 4) is 0 Å². The highest BCUT2D eigenvalue weighted by molar-refractivity contribution is 6.31. The Labute approximate surface area is 104 Å². The van der Waals surface area contributed by atoms with Crippen LogP contribution >= 0.6 is 11.6 Å². The third-order valence-electron chi connectivity index (χ3n) is 2.34. The van der Waals surface area contributed by atoms with Crippen molar-refractivity contribution >= 4 is 34.5 Å². The van der Waals surface area contributed by atoms with E-state index < -0.39 is 0 Å². The van der Waals surface area contributed by atoms with Crippen molar-refractivity contribution in [1.29, 1.82) is 0 Å². The number of benzene rings is 1. The predicted molar refractivity (Wildman–Crippen MR) is 67.8 cm³/mol. The summed E-state index contributed by atoms with van der Waals surface area (Å²) in [6.45, 7) is 0. The lowest BCUT2D eigenvalue weighted by molar-refractivity contribution is -0.134. The second kappa shape index (κ2) is 4.97. The number of halogens is 1. The molecule has 1 aromatic carbocycles. The zero-order valence-electron chi connectivity index (χ0n) is 9.18. The standard InChI is InChI=1S/C13H10ClNO2/c1-17-13(16)5-2-9-6-7-15-12-8-10(14)3-4-11(9)12/h2-8H,1H3. The summed E-state index contributed by atoms with van der Waals surface area (Å²) in [7, 11) is 1.34. The summed E-state index contributed by atoms with van der Waals surface area (Å²) in [5.74, 6) is -0.385. The second-order valence-corrected chi connectivity index (χ2v) is 3.85. The Morgan fingerprint density at radius 2 is 2.24 bits per heavy atom. The van der Waals surface area contributed by atoms with Gasteiger partial charge in [0.05, 0.1) is 12.6 Å². The summed E-state index contributed by atoms with van der Waals surface area (Å²) in [5.41, 5.74) is 1.70. The lowest BCUT2D eigenvalue weighted by Gasteiger charge is -2.01. The molecule has 0 aliphatic rings. The maximum atomic E-state index is 11.0. The first kappa shape index (κ1) is 11.6. The summed E-state index contributed by atoms with van der Waals surface area (Å²) in [5, 5.41) is 1.58. The van der Waals surface area contributed by atoms with Crippen LogP contribution in [0.25, 0.3) is 17.0 Å². The van der Waals surface area contributed by atoms with Crippen molar-refractivity contribution in [3.63, 3.8) is 0 Å². The number of pyridine rings is 1. The molecule has 0 amide bonds. The fourth-order valence-electron chi connectivity index (χ4n) is 1.51. The molecule has 0 atom stereocenters. The molecule has 0 saturated carbocycles. The zero-order valence-corrected chi connectivity index (χ0v) is 9.94. The lowest BCUT2D eigenvalue weighted by atomic mass is 10.1. The van der Waals surface area contributed by atoms with Gasteiger partial charge in [0.1, 0.15) is 0 Å². The van der Waals surface area contributed by atoms with E-state index in [1.54, 1.807) is 24.4 Å². The minimum absolute atomic E-state index is 0.385. The van der Waals surface area contributed by atoms with Gasteiger partial charge in [0, 0.05) is 22.7 Å². The van der Waals surface area contributed by atoms with Crippen molar-refractivity contribution in [1.82, 2.24) is 4.98 Å². The number of carbonyl (C=O) groups excluding carboxylic acids is 1. The van der Waals surface area contributed by atoms with Crippen LogP contribution in [0.1, 0.15) is 5.56 Å². The van der Waals surface area contributed by atoms with Crippen LogP contribution in [0.15, 0.2) is 36.5 Å². The second-order valence-electron chi connectivity index (χ2n) is 3.42. The Morgan fingerprint density at radius 3 is 3.00 bits per heavy atom. The van der Waals surface area contributed by atoms with Gasteiger partial charge in [-0.2, -0.15) is 0 Å². The summed E-state index contributed by atoms with van der Waals surface area (Å²) < 4.78 is 4.54. The Morgan fingerprint density at radius 1 is 1.41 bits per heavy atom. The fraction of sp³-hybridized carbons (Fsp3) is 0.0769. The number of ether oxygens (including phenoxy) is 1. The topological polar surface area (TPSA) is 39.2 Å². The van der Waals surface area contributed by atoms with E-state index in [-0.39, 0.29) is 5.97 Å². The first-order chi connectivity index (χ1) is 8.20. The quantitative estimate of drug-likeness (QED) is 0.605. The molecule has 0 unspecified atom stereocenters. The molecule has 17 heavy (non-hydrogen) atoms. The van der Waals surface area contributed by atoms with Crippen LogP contribution < -0.4 is 0 Å². The average molecular weight is 248 g/mol. The number of carbonyl (C=O) groups is 1. The molecule has 4 heteroatoms. The molecule has 0 spiro atoms. The molecule has 2 rings (SSSR count). The van der Waals surface area contributed by atoms with Crippen LogP contribution in [0.5, 0.6) is 0 Å². The number of hydrogen-bond acceptors (Lipinski definition) is 3. The highest BCUT2D eigenvalue weighted by Crippen LogP contribution is 2.21. The first-order valence-electron chi connectivity index (χ1n) is 5.01. The number of fused-ring (bicyclic) bond motifs is 1. The molecule has 0 aliphatic carbocycles. The molecule has 86 valence electrons. The molecule has 1 aromatic heterocycles. The van der Waals surface area contributed by atoms with E-state index in [9.17, 15) is 4.79 Å². The molecular formula is C13H10ClNO2. The Bertz CT molecular complexity index is 593. The van der Waals surface area contributed by atoms with Crippen LogP contribution in [0, 0.1) is 0 Å². The Kier molecular flexibility index (Phi) is 3.40. The number of aromatic nitrogens is 1. The zero-order chi connectivity index (χ0) is 12.3. The number of hydrogen-bond donors (Lipinski definition) is 0. The third kappa shape index (κ3) is 2.63. The van der Waals surface area contributed by atoms with Crippen molar-refractivity contribution in [3.05, 3.63) is 47.1 Å². The normalized spacial score (nSPS) is 10.9. The van der Waals surface area contributed by atoms with Gasteiger partial charge in [-0.1, -0.05) is 17.7 Å². The molecule has 0 bridgehead atoms. The fourth-order valence-corrected chi connectivity index (χ4v) is 1.68. The van der Waals surface area contributed by atoms with E-state index in [4.69, 9.17) is 11.6 Å². The van der Waals surface area contributed by atoms with Crippen LogP contribution in [0.3, 0.4) is 0 Å². The van der Waals surface area contributed by atoms with Gasteiger partial charge >= 0.3 is 5.97 Å². The smallest absolute Gasteiger partial charge is 0.330 e. The third-order valence-corrected chi connectivity index (χ3v) is 2.57. The highest BCUT2D eigenvalue weighted by atomic mass is 35.5. The lowest BCUT2D eigenvalue weighted by Crippen LogP contribution is -1.93. The van der Waals surface area contributed by atoms with Crippen LogP contribution in [-0.2, 0) is 9.53 Å². The van der Waals surface area contributed by atoms with Crippen LogP contribution in [0.4, 0.5) is 0 Å². The van der Waals surface area contributed by atoms with Crippen molar-refractivity contribution in [2.75, 3.05) is 7.11 Å². The van der Waals surface area contributed by atoms with E-state index >= 15 is 0 Å². The molecule has 0 fully saturated rings. The summed E-state index contributed by atoms with van der Waals surface area (Å²) in [4.78, 5) is 15.2. The number of rotatable bonds is 2. The van der Waals surface area contributed by atoms with E-state index in [0.717, 1.165) is 16.5 Å². The minimum atomic E-state index is -0.385. The summed E-state index contributed by atoms with van der Waals surface area (Å²) >= 11 is 5.89. The van der Waals surface area contributed by atoms with Gasteiger partial charge in [-0.25, -0.2) is 4.79 Å². The number of methoxy groups -OCH3 is 1. The van der Waals surface area contributed by atoms with Gasteiger partial charge in [-0.3, -0.25) is 4.98 Å². The monoisotopic (exact) mass is 247 g/mol. The highest BCUT2D eigenvalue weighted by Gasteiger charge is 2.00. The Hall–Kier alpha value is -1.87. The summed E-state index contributed by atoms with van der Waals surface area (Å²) in [6, 6.07) is 7.28. The van der Waals surface area contributed by atoms with E-state index in [1.165, 1.54) is 13.2 Å².